The predicted molar refractivity (Wildman–Crippen MR) is 75.7 cm³/mol. The molecule has 2 rings (SSSR count). The van der Waals surface area contributed by atoms with Crippen LogP contribution in [0.1, 0.15) is 16.7 Å². The summed E-state index contributed by atoms with van der Waals surface area (Å²) in [7, 11) is 0. The van der Waals surface area contributed by atoms with Gasteiger partial charge in [0.15, 0.2) is 0 Å². The molecule has 2 aromatic rings. The van der Waals surface area contributed by atoms with Gasteiger partial charge in [0.1, 0.15) is 5.75 Å². The van der Waals surface area contributed by atoms with Crippen LogP contribution in [0.15, 0.2) is 49.7 Å². The van der Waals surface area contributed by atoms with E-state index in [1.807, 2.05) is 37.3 Å². The number of hydrogen-bond donors (Lipinski definition) is 0. The van der Waals surface area contributed by atoms with Gasteiger partial charge in [-0.3, -0.25) is 0 Å². The minimum absolute atomic E-state index is 0.585. The summed E-state index contributed by atoms with van der Waals surface area (Å²) in [5, 5.41) is 0. The molecule has 0 bridgehead atoms. The predicted octanol–water partition coefficient (Wildman–Crippen LogP) is 4.47. The van der Waals surface area contributed by atoms with Crippen LogP contribution in [-0.2, 0) is 0 Å². The second kappa shape index (κ2) is 5.32. The molecule has 0 N–H and O–H groups in total. The number of pyridine rings is 1. The molecule has 2 heteroatoms. The van der Waals surface area contributed by atoms with Crippen molar-refractivity contribution in [1.29, 1.82) is 0 Å². The van der Waals surface area contributed by atoms with Crippen LogP contribution in [-0.4, -0.2) is 4.98 Å². The third kappa shape index (κ3) is 2.66. The van der Waals surface area contributed by atoms with Gasteiger partial charge in [-0.25, -0.2) is 4.98 Å². The Balaban J connectivity index is 2.26. The van der Waals surface area contributed by atoms with Gasteiger partial charge >= 0.3 is 0 Å². The fourth-order valence-corrected chi connectivity index (χ4v) is 1.61. The smallest absolute Gasteiger partial charge is 0.219 e. The molecular formula is C16H15NO. The molecule has 0 aliphatic rings. The largest absolute Gasteiger partial charge is 0.439 e. The quantitative estimate of drug-likeness (QED) is 0.782. The molecule has 1 aromatic heterocycles. The molecule has 0 fully saturated rings. The topological polar surface area (TPSA) is 22.1 Å². The standard InChI is InChI=1S/C16H15NO/c1-4-13-7-8-15(10-14(13)5-2)18-16-9-6-12(3)11-17-16/h4-11H,1-2H2,3H3. The molecule has 0 unspecified atom stereocenters. The van der Waals surface area contributed by atoms with Crippen LogP contribution >= 0.6 is 0 Å². The van der Waals surface area contributed by atoms with E-state index in [0.29, 0.717) is 5.88 Å². The second-order valence-corrected chi connectivity index (χ2v) is 3.97. The summed E-state index contributed by atoms with van der Waals surface area (Å²) in [6, 6.07) is 9.59. The molecule has 0 spiro atoms. The lowest BCUT2D eigenvalue weighted by molar-refractivity contribution is 0.462. The van der Waals surface area contributed by atoms with Crippen molar-refractivity contribution in [2.45, 2.75) is 6.92 Å². The first kappa shape index (κ1) is 12.1. The first-order valence-corrected chi connectivity index (χ1v) is 5.72. The van der Waals surface area contributed by atoms with Crippen LogP contribution in [0.25, 0.3) is 12.2 Å². The van der Waals surface area contributed by atoms with Crippen LogP contribution in [0, 0.1) is 6.92 Å². The van der Waals surface area contributed by atoms with Crippen molar-refractivity contribution in [3.63, 3.8) is 0 Å². The average molecular weight is 237 g/mol. The number of ether oxygens (including phenoxy) is 1. The summed E-state index contributed by atoms with van der Waals surface area (Å²) in [6.45, 7) is 9.53. The van der Waals surface area contributed by atoms with Crippen LogP contribution in [0.4, 0.5) is 0 Å². The minimum Gasteiger partial charge on any atom is -0.439 e. The molecular weight excluding hydrogens is 222 g/mol. The van der Waals surface area contributed by atoms with E-state index in [1.54, 1.807) is 18.3 Å². The molecule has 0 saturated heterocycles. The minimum atomic E-state index is 0.585. The van der Waals surface area contributed by atoms with E-state index in [1.165, 1.54) is 0 Å². The van der Waals surface area contributed by atoms with E-state index in [0.717, 1.165) is 22.4 Å². The van der Waals surface area contributed by atoms with E-state index < -0.39 is 0 Å². The van der Waals surface area contributed by atoms with Crippen LogP contribution < -0.4 is 4.74 Å². The van der Waals surface area contributed by atoms with Gasteiger partial charge in [0, 0.05) is 12.3 Å². The normalized spacial score (nSPS) is 9.83. The Morgan fingerprint density at radius 3 is 2.44 bits per heavy atom. The Hall–Kier alpha value is -2.35. The van der Waals surface area contributed by atoms with E-state index in [-0.39, 0.29) is 0 Å². The van der Waals surface area contributed by atoms with Crippen molar-refractivity contribution in [3.8, 4) is 11.6 Å². The highest BCUT2D eigenvalue weighted by atomic mass is 16.5. The average Bonchev–Trinajstić information content (AvgIpc) is 2.41. The molecule has 0 atom stereocenters. The number of benzene rings is 1. The highest BCUT2D eigenvalue weighted by molar-refractivity contribution is 5.65. The Bertz CT molecular complexity index is 570. The number of aromatic nitrogens is 1. The lowest BCUT2D eigenvalue weighted by Crippen LogP contribution is -1.89. The molecule has 1 aromatic carbocycles. The number of aryl methyl sites for hydroxylation is 1. The molecule has 0 radical (unpaired) electrons. The molecule has 0 aliphatic heterocycles. The highest BCUT2D eigenvalue weighted by Crippen LogP contribution is 2.24. The molecule has 0 saturated carbocycles. The van der Waals surface area contributed by atoms with Gasteiger partial charge in [-0.05, 0) is 35.7 Å². The van der Waals surface area contributed by atoms with Gasteiger partial charge in [0.2, 0.25) is 5.88 Å². The third-order valence-corrected chi connectivity index (χ3v) is 2.60. The van der Waals surface area contributed by atoms with Crippen LogP contribution in [0.5, 0.6) is 11.6 Å². The third-order valence-electron chi connectivity index (χ3n) is 2.60. The second-order valence-electron chi connectivity index (χ2n) is 3.97. The number of rotatable bonds is 4. The highest BCUT2D eigenvalue weighted by Gasteiger charge is 2.01. The van der Waals surface area contributed by atoms with Crippen LogP contribution in [0.2, 0.25) is 0 Å². The number of hydrogen-bond acceptors (Lipinski definition) is 2. The van der Waals surface area contributed by atoms with Crippen molar-refractivity contribution in [1.82, 2.24) is 4.98 Å². The van der Waals surface area contributed by atoms with Gasteiger partial charge in [-0.15, -0.1) is 0 Å². The van der Waals surface area contributed by atoms with Crippen molar-refractivity contribution < 1.29 is 4.74 Å². The van der Waals surface area contributed by atoms with E-state index in [9.17, 15) is 0 Å². The molecule has 0 amide bonds. The van der Waals surface area contributed by atoms with Gasteiger partial charge in [0.05, 0.1) is 0 Å². The molecule has 18 heavy (non-hydrogen) atoms. The zero-order chi connectivity index (χ0) is 13.0. The summed E-state index contributed by atoms with van der Waals surface area (Å²) in [5.41, 5.74) is 3.14. The molecule has 90 valence electrons. The fourth-order valence-electron chi connectivity index (χ4n) is 1.61. The Kier molecular flexibility index (Phi) is 3.58. The van der Waals surface area contributed by atoms with E-state index >= 15 is 0 Å². The zero-order valence-corrected chi connectivity index (χ0v) is 10.4. The summed E-state index contributed by atoms with van der Waals surface area (Å²) in [6.07, 6.45) is 5.36. The lowest BCUT2D eigenvalue weighted by Gasteiger charge is -2.07. The molecule has 2 nitrogen and oxygen atoms in total. The van der Waals surface area contributed by atoms with E-state index in [2.05, 4.69) is 18.1 Å². The summed E-state index contributed by atoms with van der Waals surface area (Å²) in [4.78, 5) is 4.20. The zero-order valence-electron chi connectivity index (χ0n) is 10.4. The first-order valence-electron chi connectivity index (χ1n) is 5.72. The SMILES string of the molecule is C=Cc1ccc(Oc2ccc(C)cn2)cc1C=C. The van der Waals surface area contributed by atoms with Crippen molar-refractivity contribution in [2.24, 2.45) is 0 Å². The maximum atomic E-state index is 5.68. The van der Waals surface area contributed by atoms with Gasteiger partial charge in [0.25, 0.3) is 0 Å². The van der Waals surface area contributed by atoms with E-state index in [4.69, 9.17) is 4.74 Å². The Morgan fingerprint density at radius 1 is 1.06 bits per heavy atom. The van der Waals surface area contributed by atoms with Gasteiger partial charge in [-0.1, -0.05) is 37.4 Å². The maximum Gasteiger partial charge on any atom is 0.219 e. The van der Waals surface area contributed by atoms with Gasteiger partial charge in [-0.2, -0.15) is 0 Å². The summed E-state index contributed by atoms with van der Waals surface area (Å²) in [5.74, 6) is 1.33. The summed E-state index contributed by atoms with van der Waals surface area (Å²) >= 11 is 0. The summed E-state index contributed by atoms with van der Waals surface area (Å²) < 4.78 is 5.68. The lowest BCUT2D eigenvalue weighted by atomic mass is 10.1. The monoisotopic (exact) mass is 237 g/mol. The number of nitrogens with zero attached hydrogens (tertiary/aromatic N) is 1. The molecule has 1 heterocycles. The van der Waals surface area contributed by atoms with Crippen molar-refractivity contribution in [3.05, 3.63) is 66.4 Å². The first-order chi connectivity index (χ1) is 8.72. The van der Waals surface area contributed by atoms with Crippen molar-refractivity contribution >= 4 is 12.2 Å². The fraction of sp³-hybridized carbons (Fsp3) is 0.0625. The van der Waals surface area contributed by atoms with Gasteiger partial charge < -0.3 is 4.74 Å². The Labute approximate surface area is 107 Å². The maximum absolute atomic E-state index is 5.68. The van der Waals surface area contributed by atoms with Crippen molar-refractivity contribution in [2.75, 3.05) is 0 Å². The molecule has 0 aliphatic carbocycles. The van der Waals surface area contributed by atoms with Crippen LogP contribution in [0.3, 0.4) is 0 Å². The Morgan fingerprint density at radius 2 is 1.83 bits per heavy atom.